The number of ether oxygens (including phenoxy) is 1. The largest absolute Gasteiger partial charge is 0.363 e. The van der Waals surface area contributed by atoms with Gasteiger partial charge in [-0.1, -0.05) is 74.5 Å². The van der Waals surface area contributed by atoms with Gasteiger partial charge >= 0.3 is 0 Å². The van der Waals surface area contributed by atoms with Crippen molar-refractivity contribution in [1.29, 1.82) is 0 Å². The lowest BCUT2D eigenvalue weighted by atomic mass is 9.94. The molecule has 0 spiro atoms. The lowest BCUT2D eigenvalue weighted by Gasteiger charge is -2.42. The van der Waals surface area contributed by atoms with Crippen LogP contribution in [0.1, 0.15) is 38.3 Å². The Kier molecular flexibility index (Phi) is 8.78. The average Bonchev–Trinajstić information content (AvgIpc) is 2.67. The number of benzene rings is 2. The number of halogens is 1. The van der Waals surface area contributed by atoms with E-state index in [0.717, 1.165) is 19.5 Å². The fraction of sp³-hybridized carbons (Fsp3) is 0.478. The first-order valence-corrected chi connectivity index (χ1v) is 10.3. The van der Waals surface area contributed by atoms with Gasteiger partial charge in [0.1, 0.15) is 0 Å². The number of nitrogens with zero attached hydrogens (tertiary/aromatic N) is 1. The summed E-state index contributed by atoms with van der Waals surface area (Å²) in [5.74, 6) is -0.943. The van der Waals surface area contributed by atoms with Crippen LogP contribution in [0.4, 0.5) is 0 Å². The maximum Gasteiger partial charge on any atom is 0.195 e. The van der Waals surface area contributed by atoms with E-state index in [-0.39, 0.29) is 11.9 Å². The van der Waals surface area contributed by atoms with E-state index in [9.17, 15) is 5.11 Å². The number of rotatable bonds is 11. The van der Waals surface area contributed by atoms with Gasteiger partial charge in [-0.25, -0.2) is 0 Å². The van der Waals surface area contributed by atoms with Gasteiger partial charge in [-0.05, 0) is 30.4 Å². The first kappa shape index (κ1) is 21.9. The van der Waals surface area contributed by atoms with E-state index in [0.29, 0.717) is 12.5 Å². The second-order valence-electron chi connectivity index (χ2n) is 7.43. The van der Waals surface area contributed by atoms with E-state index in [1.807, 2.05) is 43.3 Å². The zero-order valence-electron chi connectivity index (χ0n) is 16.6. The van der Waals surface area contributed by atoms with Crippen LogP contribution < -0.4 is 0 Å². The van der Waals surface area contributed by atoms with E-state index in [2.05, 4.69) is 43.0 Å². The second-order valence-corrected chi connectivity index (χ2v) is 7.70. The van der Waals surface area contributed by atoms with Crippen LogP contribution >= 0.6 is 11.6 Å². The Morgan fingerprint density at radius 1 is 0.963 bits per heavy atom. The van der Waals surface area contributed by atoms with Crippen molar-refractivity contribution in [2.45, 2.75) is 52.1 Å². The molecule has 2 rings (SSSR count). The Balaban J connectivity index is 2.38. The molecule has 2 aromatic rings. The Labute approximate surface area is 168 Å². The Morgan fingerprint density at radius 2 is 1.44 bits per heavy atom. The van der Waals surface area contributed by atoms with Crippen molar-refractivity contribution in [3.63, 3.8) is 0 Å². The highest BCUT2D eigenvalue weighted by atomic mass is 35.5. The molecule has 0 amide bonds. The standard InChI is InChI=1S/C23H32ClNO2/c1-4-27-23(26,18-24)22(15-19(2)3)25(16-20-11-7-5-8-12-20)17-21-13-9-6-10-14-21/h5-14,19,22,26H,4,15-18H2,1-3H3/t22-,23?/m0/s1. The zero-order valence-corrected chi connectivity index (χ0v) is 17.4. The normalized spacial score (nSPS) is 15.1. The van der Waals surface area contributed by atoms with Gasteiger partial charge in [0.15, 0.2) is 5.79 Å². The molecule has 0 bridgehead atoms. The minimum absolute atomic E-state index is 0.0400. The predicted molar refractivity (Wildman–Crippen MR) is 113 cm³/mol. The fourth-order valence-corrected chi connectivity index (χ4v) is 3.71. The smallest absolute Gasteiger partial charge is 0.195 e. The average molecular weight is 390 g/mol. The third-order valence-electron chi connectivity index (χ3n) is 4.70. The lowest BCUT2D eigenvalue weighted by molar-refractivity contribution is -0.229. The lowest BCUT2D eigenvalue weighted by Crippen LogP contribution is -2.56. The topological polar surface area (TPSA) is 32.7 Å². The van der Waals surface area contributed by atoms with Crippen molar-refractivity contribution in [3.05, 3.63) is 71.8 Å². The van der Waals surface area contributed by atoms with Crippen molar-refractivity contribution in [3.8, 4) is 0 Å². The summed E-state index contributed by atoms with van der Waals surface area (Å²) < 4.78 is 5.78. The van der Waals surface area contributed by atoms with Crippen molar-refractivity contribution < 1.29 is 9.84 Å². The SMILES string of the molecule is CCOC(O)(CCl)[C@H](CC(C)C)N(Cc1ccccc1)Cc1ccccc1. The molecule has 0 saturated carbocycles. The van der Waals surface area contributed by atoms with Crippen LogP contribution in [0.3, 0.4) is 0 Å². The molecule has 2 aromatic carbocycles. The summed E-state index contributed by atoms with van der Waals surface area (Å²) in [5.41, 5.74) is 2.41. The molecule has 0 radical (unpaired) electrons. The van der Waals surface area contributed by atoms with E-state index >= 15 is 0 Å². The Bertz CT molecular complexity index is 608. The zero-order chi connectivity index (χ0) is 19.7. The molecular formula is C23H32ClNO2. The van der Waals surface area contributed by atoms with E-state index in [1.165, 1.54) is 11.1 Å². The first-order chi connectivity index (χ1) is 13.0. The molecule has 27 heavy (non-hydrogen) atoms. The quantitative estimate of drug-likeness (QED) is 0.430. The Hall–Kier alpha value is -1.39. The third kappa shape index (κ3) is 6.62. The Morgan fingerprint density at radius 3 is 1.81 bits per heavy atom. The molecule has 1 unspecified atom stereocenters. The van der Waals surface area contributed by atoms with Gasteiger partial charge in [0, 0.05) is 19.7 Å². The molecule has 148 valence electrons. The van der Waals surface area contributed by atoms with E-state index in [1.54, 1.807) is 0 Å². The van der Waals surface area contributed by atoms with Crippen LogP contribution in [0.5, 0.6) is 0 Å². The van der Waals surface area contributed by atoms with Crippen LogP contribution in [-0.2, 0) is 17.8 Å². The highest BCUT2D eigenvalue weighted by Crippen LogP contribution is 2.29. The molecule has 0 saturated heterocycles. The monoisotopic (exact) mass is 389 g/mol. The van der Waals surface area contributed by atoms with Crippen molar-refractivity contribution >= 4 is 11.6 Å². The molecule has 0 fully saturated rings. The van der Waals surface area contributed by atoms with Crippen LogP contribution in [0, 0.1) is 5.92 Å². The van der Waals surface area contributed by atoms with Crippen molar-refractivity contribution in [2.75, 3.05) is 12.5 Å². The maximum absolute atomic E-state index is 11.3. The number of hydrogen-bond donors (Lipinski definition) is 1. The summed E-state index contributed by atoms with van der Waals surface area (Å²) in [4.78, 5) is 2.29. The fourth-order valence-electron chi connectivity index (χ4n) is 3.45. The molecule has 0 aliphatic carbocycles. The minimum Gasteiger partial charge on any atom is -0.363 e. The molecule has 3 nitrogen and oxygen atoms in total. The minimum atomic E-state index is -1.38. The van der Waals surface area contributed by atoms with Gasteiger partial charge < -0.3 is 9.84 Å². The number of alkyl halides is 1. The van der Waals surface area contributed by atoms with E-state index in [4.69, 9.17) is 16.3 Å². The third-order valence-corrected chi connectivity index (χ3v) is 5.08. The summed E-state index contributed by atoms with van der Waals surface area (Å²) >= 11 is 6.21. The molecule has 0 aliphatic rings. The predicted octanol–water partition coefficient (Wildman–Crippen LogP) is 5.07. The van der Waals surface area contributed by atoms with Gasteiger partial charge in [-0.3, -0.25) is 4.90 Å². The number of hydrogen-bond acceptors (Lipinski definition) is 3. The summed E-state index contributed by atoms with van der Waals surface area (Å²) in [5, 5.41) is 11.3. The van der Waals surface area contributed by atoms with Crippen LogP contribution in [0.2, 0.25) is 0 Å². The van der Waals surface area contributed by atoms with Gasteiger partial charge in [-0.15, -0.1) is 11.6 Å². The molecule has 0 aliphatic heterocycles. The molecule has 0 heterocycles. The van der Waals surface area contributed by atoms with Crippen LogP contribution in [0.25, 0.3) is 0 Å². The summed E-state index contributed by atoms with van der Waals surface area (Å²) in [6.45, 7) is 8.08. The molecular weight excluding hydrogens is 358 g/mol. The van der Waals surface area contributed by atoms with Gasteiger partial charge in [0.25, 0.3) is 0 Å². The van der Waals surface area contributed by atoms with Crippen LogP contribution in [-0.4, -0.2) is 34.3 Å². The van der Waals surface area contributed by atoms with E-state index < -0.39 is 5.79 Å². The highest BCUT2D eigenvalue weighted by Gasteiger charge is 2.41. The molecule has 0 aromatic heterocycles. The first-order valence-electron chi connectivity index (χ1n) is 9.72. The summed E-state index contributed by atoms with van der Waals surface area (Å²) in [6, 6.07) is 20.5. The summed E-state index contributed by atoms with van der Waals surface area (Å²) in [7, 11) is 0. The number of aliphatic hydroxyl groups is 1. The molecule has 1 N–H and O–H groups in total. The van der Waals surface area contributed by atoms with Gasteiger partial charge in [-0.2, -0.15) is 0 Å². The van der Waals surface area contributed by atoms with Gasteiger partial charge in [0.2, 0.25) is 0 Å². The highest BCUT2D eigenvalue weighted by molar-refractivity contribution is 6.18. The maximum atomic E-state index is 11.3. The second kappa shape index (κ2) is 10.8. The van der Waals surface area contributed by atoms with Crippen molar-refractivity contribution in [2.24, 2.45) is 5.92 Å². The van der Waals surface area contributed by atoms with Crippen LogP contribution in [0.15, 0.2) is 60.7 Å². The van der Waals surface area contributed by atoms with Gasteiger partial charge in [0.05, 0.1) is 11.9 Å². The molecule has 2 atom stereocenters. The summed E-state index contributed by atoms with van der Waals surface area (Å²) in [6.07, 6.45) is 0.795. The van der Waals surface area contributed by atoms with Crippen molar-refractivity contribution in [1.82, 2.24) is 4.90 Å². The molecule has 4 heteroatoms.